The average molecular weight is 245 g/mol. The Kier molecular flexibility index (Phi) is 3.44. The van der Waals surface area contributed by atoms with Crippen LogP contribution in [0.3, 0.4) is 0 Å². The van der Waals surface area contributed by atoms with E-state index >= 15 is 0 Å². The first-order valence-electron chi connectivity index (χ1n) is 5.06. The second-order valence-electron chi connectivity index (χ2n) is 3.85. The van der Waals surface area contributed by atoms with Crippen LogP contribution in [0.25, 0.3) is 0 Å². The fourth-order valence-electron chi connectivity index (χ4n) is 1.73. The molecule has 15 heavy (non-hydrogen) atoms. The monoisotopic (exact) mass is 244 g/mol. The van der Waals surface area contributed by atoms with Crippen LogP contribution in [-0.4, -0.2) is 19.0 Å². The maximum atomic E-state index is 12.0. The first-order valence-corrected chi connectivity index (χ1v) is 6.26. The van der Waals surface area contributed by atoms with Crippen LogP contribution >= 0.6 is 22.9 Å². The lowest BCUT2D eigenvalue weighted by molar-refractivity contribution is 0.0464. The van der Waals surface area contributed by atoms with Crippen LogP contribution in [0, 0.1) is 12.8 Å². The number of thiophene rings is 1. The number of ether oxygens (including phenoxy) is 1. The van der Waals surface area contributed by atoms with Crippen LogP contribution in [0.4, 0.5) is 0 Å². The van der Waals surface area contributed by atoms with Crippen LogP contribution in [0.1, 0.15) is 28.1 Å². The third kappa shape index (κ3) is 2.41. The number of hydrogen-bond acceptors (Lipinski definition) is 3. The quantitative estimate of drug-likeness (QED) is 0.746. The van der Waals surface area contributed by atoms with Gasteiger partial charge in [-0.2, -0.15) is 0 Å². The Morgan fingerprint density at radius 1 is 1.67 bits per heavy atom. The molecule has 0 spiro atoms. The minimum atomic E-state index is 0.0351. The highest BCUT2D eigenvalue weighted by atomic mass is 35.5. The molecule has 0 aromatic carbocycles. The van der Waals surface area contributed by atoms with Crippen molar-refractivity contribution >= 4 is 28.7 Å². The Bertz CT molecular complexity index is 347. The molecule has 1 aliphatic heterocycles. The third-order valence-electron chi connectivity index (χ3n) is 2.63. The van der Waals surface area contributed by atoms with Gasteiger partial charge < -0.3 is 4.74 Å². The maximum Gasteiger partial charge on any atom is 0.178 e. The Morgan fingerprint density at radius 2 is 2.47 bits per heavy atom. The molecule has 1 aliphatic rings. The van der Waals surface area contributed by atoms with E-state index in [1.807, 2.05) is 13.0 Å². The first-order chi connectivity index (χ1) is 7.18. The van der Waals surface area contributed by atoms with Crippen molar-refractivity contribution < 1.29 is 9.53 Å². The van der Waals surface area contributed by atoms with Crippen LogP contribution < -0.4 is 0 Å². The molecule has 1 fully saturated rings. The average Bonchev–Trinajstić information content (AvgIpc) is 2.59. The third-order valence-corrected chi connectivity index (χ3v) is 4.20. The summed E-state index contributed by atoms with van der Waals surface area (Å²) in [5.41, 5.74) is 0.988. The zero-order chi connectivity index (χ0) is 10.8. The van der Waals surface area contributed by atoms with E-state index in [1.54, 1.807) is 0 Å². The lowest BCUT2D eigenvalue weighted by Gasteiger charge is -2.19. The molecular weight excluding hydrogens is 232 g/mol. The highest BCUT2D eigenvalue weighted by Crippen LogP contribution is 2.30. The summed E-state index contributed by atoms with van der Waals surface area (Å²) in [6.45, 7) is 3.27. The van der Waals surface area contributed by atoms with E-state index in [0.29, 0.717) is 6.61 Å². The molecule has 1 saturated heterocycles. The van der Waals surface area contributed by atoms with Gasteiger partial charge in [0.25, 0.3) is 0 Å². The van der Waals surface area contributed by atoms with Gasteiger partial charge in [-0.3, -0.25) is 4.79 Å². The number of halogens is 1. The summed E-state index contributed by atoms with van der Waals surface area (Å²) in [6.07, 6.45) is 1.92. The second-order valence-corrected chi connectivity index (χ2v) is 5.50. The van der Waals surface area contributed by atoms with Crippen LogP contribution in [0.5, 0.6) is 0 Å². The second kappa shape index (κ2) is 4.64. The molecule has 2 nitrogen and oxygen atoms in total. The zero-order valence-electron chi connectivity index (χ0n) is 8.59. The fourth-order valence-corrected chi connectivity index (χ4v) is 2.95. The van der Waals surface area contributed by atoms with Crippen molar-refractivity contribution in [2.75, 3.05) is 13.2 Å². The molecule has 1 atom stereocenters. The molecule has 0 N–H and O–H groups in total. The number of carbonyl (C=O) groups is 1. The summed E-state index contributed by atoms with van der Waals surface area (Å²) in [4.78, 5) is 12.8. The van der Waals surface area contributed by atoms with E-state index < -0.39 is 0 Å². The first kappa shape index (κ1) is 11.1. The topological polar surface area (TPSA) is 26.3 Å². The van der Waals surface area contributed by atoms with E-state index in [1.165, 1.54) is 11.3 Å². The summed E-state index contributed by atoms with van der Waals surface area (Å²) in [5, 5.41) is 0. The largest absolute Gasteiger partial charge is 0.381 e. The lowest BCUT2D eigenvalue weighted by atomic mass is 9.96. The van der Waals surface area contributed by atoms with E-state index in [2.05, 4.69) is 0 Å². The molecule has 82 valence electrons. The summed E-state index contributed by atoms with van der Waals surface area (Å²) in [7, 11) is 0. The van der Waals surface area contributed by atoms with E-state index in [4.69, 9.17) is 16.3 Å². The number of hydrogen-bond donors (Lipinski definition) is 0. The number of carbonyl (C=O) groups excluding carboxylic acids is 1. The minimum Gasteiger partial charge on any atom is -0.381 e. The van der Waals surface area contributed by atoms with E-state index in [0.717, 1.165) is 34.2 Å². The molecule has 2 heterocycles. The summed E-state index contributed by atoms with van der Waals surface area (Å²) < 4.78 is 6.03. The van der Waals surface area contributed by atoms with Gasteiger partial charge in [-0.1, -0.05) is 11.6 Å². The smallest absolute Gasteiger partial charge is 0.178 e. The molecule has 0 radical (unpaired) electrons. The van der Waals surface area contributed by atoms with Crippen molar-refractivity contribution in [3.05, 3.63) is 20.8 Å². The molecule has 1 aromatic heterocycles. The van der Waals surface area contributed by atoms with Crippen molar-refractivity contribution in [1.82, 2.24) is 0 Å². The SMILES string of the molecule is Cc1cc(C(=O)C2CCCOC2)sc1Cl. The molecule has 2 rings (SSSR count). The summed E-state index contributed by atoms with van der Waals surface area (Å²) >= 11 is 7.32. The van der Waals surface area contributed by atoms with Crippen molar-refractivity contribution in [2.24, 2.45) is 5.92 Å². The number of ketones is 1. The minimum absolute atomic E-state index is 0.0351. The predicted molar refractivity (Wildman–Crippen MR) is 61.9 cm³/mol. The van der Waals surface area contributed by atoms with Crippen molar-refractivity contribution in [2.45, 2.75) is 19.8 Å². The highest BCUT2D eigenvalue weighted by molar-refractivity contribution is 7.18. The molecule has 4 heteroatoms. The summed E-state index contributed by atoms with van der Waals surface area (Å²) in [6, 6.07) is 1.88. The Hall–Kier alpha value is -0.380. The summed E-state index contributed by atoms with van der Waals surface area (Å²) in [5.74, 6) is 0.225. The van der Waals surface area contributed by atoms with Gasteiger partial charge in [0.05, 0.1) is 15.8 Å². The zero-order valence-corrected chi connectivity index (χ0v) is 10.2. The van der Waals surface area contributed by atoms with Crippen LogP contribution in [0.2, 0.25) is 4.34 Å². The molecule has 0 aliphatic carbocycles. The molecule has 0 bridgehead atoms. The molecule has 1 unspecified atom stereocenters. The van der Waals surface area contributed by atoms with Gasteiger partial charge in [-0.15, -0.1) is 11.3 Å². The predicted octanol–water partition coefficient (Wildman–Crippen LogP) is 3.32. The standard InChI is InChI=1S/C11H13ClO2S/c1-7-5-9(15-11(7)12)10(13)8-3-2-4-14-6-8/h5,8H,2-4,6H2,1H3. The Balaban J connectivity index is 2.12. The van der Waals surface area contributed by atoms with Crippen molar-refractivity contribution in [3.8, 4) is 0 Å². The van der Waals surface area contributed by atoms with Gasteiger partial charge in [0.2, 0.25) is 0 Å². The number of aryl methyl sites for hydroxylation is 1. The van der Waals surface area contributed by atoms with Gasteiger partial charge in [0.15, 0.2) is 5.78 Å². The van der Waals surface area contributed by atoms with Gasteiger partial charge in [-0.25, -0.2) is 0 Å². The normalized spacial score (nSPS) is 21.6. The van der Waals surface area contributed by atoms with E-state index in [9.17, 15) is 4.79 Å². The number of rotatable bonds is 2. The molecule has 0 amide bonds. The Labute approximate surface area is 98.2 Å². The van der Waals surface area contributed by atoms with Gasteiger partial charge >= 0.3 is 0 Å². The Morgan fingerprint density at radius 3 is 3.00 bits per heavy atom. The molecule has 1 aromatic rings. The van der Waals surface area contributed by atoms with Crippen molar-refractivity contribution in [3.63, 3.8) is 0 Å². The molecule has 0 saturated carbocycles. The van der Waals surface area contributed by atoms with Gasteiger partial charge in [0, 0.05) is 12.5 Å². The van der Waals surface area contributed by atoms with Crippen molar-refractivity contribution in [1.29, 1.82) is 0 Å². The lowest BCUT2D eigenvalue weighted by Crippen LogP contribution is -2.24. The van der Waals surface area contributed by atoms with Gasteiger partial charge in [-0.05, 0) is 31.4 Å². The van der Waals surface area contributed by atoms with Crippen LogP contribution in [0.15, 0.2) is 6.07 Å². The van der Waals surface area contributed by atoms with E-state index in [-0.39, 0.29) is 11.7 Å². The molecular formula is C11H13ClO2S. The fraction of sp³-hybridized carbons (Fsp3) is 0.545. The number of Topliss-reactive ketones (excluding diaryl/α,β-unsaturated/α-hetero) is 1. The maximum absolute atomic E-state index is 12.0. The van der Waals surface area contributed by atoms with Gasteiger partial charge in [0.1, 0.15) is 0 Å². The highest BCUT2D eigenvalue weighted by Gasteiger charge is 2.24. The van der Waals surface area contributed by atoms with Crippen LogP contribution in [-0.2, 0) is 4.74 Å².